The second kappa shape index (κ2) is 8.27. The fourth-order valence-electron chi connectivity index (χ4n) is 2.80. The van der Waals surface area contributed by atoms with Crippen LogP contribution in [0.2, 0.25) is 0 Å². The van der Waals surface area contributed by atoms with E-state index in [0.717, 1.165) is 0 Å². The molecule has 2 rings (SSSR count). The lowest BCUT2D eigenvalue weighted by atomic mass is 9.72. The molecule has 16 heteroatoms. The first-order valence-electron chi connectivity index (χ1n) is 7.50. The first kappa shape index (κ1) is 24.9. The molecule has 0 saturated carbocycles. The van der Waals surface area contributed by atoms with E-state index in [-0.39, 0.29) is 30.3 Å². The Labute approximate surface area is 174 Å². The molecule has 0 bridgehead atoms. The lowest BCUT2D eigenvalue weighted by molar-refractivity contribution is -0.402. The molecule has 0 radical (unpaired) electrons. The summed E-state index contributed by atoms with van der Waals surface area (Å²) in [5.74, 6) is -3.28. The van der Waals surface area contributed by atoms with Crippen LogP contribution in [0.25, 0.3) is 0 Å². The van der Waals surface area contributed by atoms with Crippen molar-refractivity contribution < 1.29 is 63.8 Å². The maximum atomic E-state index is 14.1. The summed E-state index contributed by atoms with van der Waals surface area (Å²) < 4.78 is 120. The molecule has 8 nitrogen and oxygen atoms in total. The van der Waals surface area contributed by atoms with Gasteiger partial charge in [-0.1, -0.05) is 12.1 Å². The predicted octanol–water partition coefficient (Wildman–Crippen LogP) is 3.84. The molecule has 0 amide bonds. The number of benzene rings is 2. The first-order valence-corrected chi connectivity index (χ1v) is 9.30. The molecule has 0 aliphatic rings. The highest BCUT2D eigenvalue weighted by molar-refractivity contribution is 7.86. The Kier molecular flexibility index (Phi) is 6.63. The molecule has 31 heavy (non-hydrogen) atoms. The third-order valence-corrected chi connectivity index (χ3v) is 5.01. The van der Waals surface area contributed by atoms with Gasteiger partial charge >= 0.3 is 12.4 Å². The van der Waals surface area contributed by atoms with Gasteiger partial charge in [0.05, 0.1) is 0 Å². The van der Waals surface area contributed by atoms with Crippen LogP contribution in [0.5, 0.6) is 17.2 Å². The van der Waals surface area contributed by atoms with Crippen molar-refractivity contribution in [1.82, 2.24) is 0 Å². The summed E-state index contributed by atoms with van der Waals surface area (Å²) in [5, 5.41) is 22.9. The molecule has 172 valence electrons. The molecule has 3 N–H and O–H groups in total. The van der Waals surface area contributed by atoms with Gasteiger partial charge in [-0.05, 0) is 40.4 Å². The summed E-state index contributed by atoms with van der Waals surface area (Å²) in [6, 6.07) is 1.02. The van der Waals surface area contributed by atoms with Gasteiger partial charge in [-0.3, -0.25) is 4.55 Å². The number of thiol groups is 1. The molecular formula is C15H10F6O8S2. The van der Waals surface area contributed by atoms with Crippen LogP contribution in [0.15, 0.2) is 41.3 Å². The highest BCUT2D eigenvalue weighted by atomic mass is 32.2. The van der Waals surface area contributed by atoms with Crippen molar-refractivity contribution in [1.29, 1.82) is 0 Å². The largest absolute Gasteiger partial charge is 0.506 e. The van der Waals surface area contributed by atoms with Gasteiger partial charge < -0.3 is 15.1 Å². The molecule has 0 atom stereocenters. The van der Waals surface area contributed by atoms with Gasteiger partial charge in [-0.25, -0.2) is 0 Å². The van der Waals surface area contributed by atoms with Crippen LogP contribution in [0.4, 0.5) is 26.3 Å². The molecule has 0 heterocycles. The van der Waals surface area contributed by atoms with E-state index in [1.807, 2.05) is 0 Å². The number of hydrogen-bond acceptors (Lipinski definition) is 8. The molecule has 2 aromatic rings. The third kappa shape index (κ3) is 4.47. The van der Waals surface area contributed by atoms with Crippen molar-refractivity contribution in [2.24, 2.45) is 0 Å². The number of phenols is 2. The summed E-state index contributed by atoms with van der Waals surface area (Å²) in [6.07, 6.45) is -12.3. The number of aromatic hydroxyl groups is 2. The summed E-state index contributed by atoms with van der Waals surface area (Å²) in [7, 11) is -5.41. The van der Waals surface area contributed by atoms with Gasteiger partial charge in [0.15, 0.2) is 5.75 Å². The maximum absolute atomic E-state index is 14.1. The van der Waals surface area contributed by atoms with Gasteiger partial charge in [0, 0.05) is 12.9 Å². The van der Waals surface area contributed by atoms with Crippen LogP contribution in [-0.4, -0.2) is 35.5 Å². The van der Waals surface area contributed by atoms with Crippen molar-refractivity contribution in [3.8, 4) is 17.2 Å². The molecular weight excluding hydrogens is 486 g/mol. The summed E-state index contributed by atoms with van der Waals surface area (Å²) in [6.45, 7) is 0. The summed E-state index contributed by atoms with van der Waals surface area (Å²) >= 11 is 3.07. The molecule has 0 aromatic heterocycles. The van der Waals surface area contributed by atoms with E-state index >= 15 is 0 Å². The molecule has 0 aliphatic carbocycles. The smallest absolute Gasteiger partial charge is 0.411 e. The van der Waals surface area contributed by atoms with E-state index in [1.165, 1.54) is 0 Å². The number of alkyl halides is 6. The molecule has 0 unspecified atom stereocenters. The first-order chi connectivity index (χ1) is 14.1. The van der Waals surface area contributed by atoms with Gasteiger partial charge in [-0.2, -0.15) is 34.8 Å². The minimum atomic E-state index is -6.16. The topological polar surface area (TPSA) is 123 Å². The van der Waals surface area contributed by atoms with Crippen molar-refractivity contribution in [2.75, 3.05) is 0 Å². The maximum Gasteiger partial charge on any atom is 0.411 e. The van der Waals surface area contributed by atoms with Crippen molar-refractivity contribution in [3.63, 3.8) is 0 Å². The second-order valence-corrected chi connectivity index (χ2v) is 7.35. The van der Waals surface area contributed by atoms with Gasteiger partial charge in [0.1, 0.15) is 10.6 Å². The highest BCUT2D eigenvalue weighted by Crippen LogP contribution is 2.57. The number of phenolic OH excluding ortho intramolecular Hbond substituents is 2. The van der Waals surface area contributed by atoms with Crippen LogP contribution in [0, 0.1) is 0 Å². The van der Waals surface area contributed by atoms with Gasteiger partial charge in [0.25, 0.3) is 10.1 Å². The normalized spacial score (nSPS) is 13.3. The lowest BCUT2D eigenvalue weighted by Gasteiger charge is -2.38. The average Bonchev–Trinajstić information content (AvgIpc) is 2.60. The zero-order valence-corrected chi connectivity index (χ0v) is 16.2. The average molecular weight is 496 g/mol. The van der Waals surface area contributed by atoms with Crippen LogP contribution in [0.1, 0.15) is 11.1 Å². The Balaban J connectivity index is 2.98. The Morgan fingerprint density at radius 3 is 1.77 bits per heavy atom. The van der Waals surface area contributed by atoms with E-state index in [2.05, 4.69) is 27.2 Å². The van der Waals surface area contributed by atoms with Crippen molar-refractivity contribution >= 4 is 23.0 Å². The zero-order chi connectivity index (χ0) is 23.8. The van der Waals surface area contributed by atoms with Gasteiger partial charge in [-0.15, -0.1) is 4.33 Å². The minimum absolute atomic E-state index is 0.114. The molecule has 0 spiro atoms. The van der Waals surface area contributed by atoms with Crippen LogP contribution >= 0.6 is 12.9 Å². The monoisotopic (exact) mass is 496 g/mol. The fourth-order valence-corrected chi connectivity index (χ4v) is 3.44. The van der Waals surface area contributed by atoms with Crippen LogP contribution in [-0.2, 0) is 24.9 Å². The molecule has 2 aromatic carbocycles. The second-order valence-electron chi connectivity index (χ2n) is 5.81. The van der Waals surface area contributed by atoms with E-state index in [1.54, 1.807) is 0 Å². The Bertz CT molecular complexity index is 1050. The molecule has 0 saturated heterocycles. The van der Waals surface area contributed by atoms with E-state index in [0.29, 0.717) is 6.07 Å². The van der Waals surface area contributed by atoms with Crippen LogP contribution in [0.3, 0.4) is 0 Å². The fraction of sp³-hybridized carbons (Fsp3) is 0.200. The summed E-state index contributed by atoms with van der Waals surface area (Å²) in [4.78, 5) is 2.63. The number of rotatable bonds is 6. The van der Waals surface area contributed by atoms with E-state index in [4.69, 9.17) is 4.55 Å². The Morgan fingerprint density at radius 1 is 0.839 bits per heavy atom. The quantitative estimate of drug-likeness (QED) is 0.119. The SMILES string of the molecule is O=S(=O)(O)c1cc(C(c2ccc(O)c(OOOS)c2)(C(F)(F)F)C(F)(F)F)ccc1O. The van der Waals surface area contributed by atoms with Gasteiger partial charge in [0.2, 0.25) is 11.2 Å². The zero-order valence-electron chi connectivity index (χ0n) is 14.5. The highest BCUT2D eigenvalue weighted by Gasteiger charge is 2.72. The Hall–Kier alpha value is -2.40. The Morgan fingerprint density at radius 2 is 1.32 bits per heavy atom. The minimum Gasteiger partial charge on any atom is -0.506 e. The van der Waals surface area contributed by atoms with Crippen LogP contribution < -0.4 is 4.89 Å². The standard InChI is InChI=1S/C15H10F6O8S2/c16-14(17,18)13(15(19,20)21,7-1-3-9(22)11(5-7)27-28-29-30)8-2-4-10(23)12(6-8)31(24,25)26/h1-6,22-23,30H,(H,24,25,26). The number of hydrogen-bond donors (Lipinski definition) is 4. The van der Waals surface area contributed by atoms with E-state index < -0.39 is 61.2 Å². The summed E-state index contributed by atoms with van der Waals surface area (Å²) in [5.41, 5.74) is -8.21. The lowest BCUT2D eigenvalue weighted by Crippen LogP contribution is -2.54. The molecule has 0 fully saturated rings. The number of halogens is 6. The van der Waals surface area contributed by atoms with E-state index in [9.17, 15) is 45.0 Å². The third-order valence-electron chi connectivity index (χ3n) is 4.07. The van der Waals surface area contributed by atoms with Crippen molar-refractivity contribution in [2.45, 2.75) is 22.7 Å². The molecule has 0 aliphatic heterocycles. The predicted molar refractivity (Wildman–Crippen MR) is 90.7 cm³/mol. The van der Waals surface area contributed by atoms with Crippen molar-refractivity contribution in [3.05, 3.63) is 47.5 Å².